The summed E-state index contributed by atoms with van der Waals surface area (Å²) >= 11 is 0. The van der Waals surface area contributed by atoms with Crippen molar-refractivity contribution in [1.82, 2.24) is 9.80 Å². The predicted molar refractivity (Wildman–Crippen MR) is 128 cm³/mol. The van der Waals surface area contributed by atoms with E-state index in [-0.39, 0.29) is 24.3 Å². The van der Waals surface area contributed by atoms with E-state index in [1.807, 2.05) is 24.3 Å². The van der Waals surface area contributed by atoms with Gasteiger partial charge < -0.3 is 24.8 Å². The Morgan fingerprint density at radius 2 is 1.76 bits per heavy atom. The van der Waals surface area contributed by atoms with Gasteiger partial charge in [0.25, 0.3) is 5.91 Å². The van der Waals surface area contributed by atoms with Gasteiger partial charge in [0, 0.05) is 63.2 Å². The molecule has 1 saturated heterocycles. The van der Waals surface area contributed by atoms with Crippen LogP contribution in [0.25, 0.3) is 0 Å². The summed E-state index contributed by atoms with van der Waals surface area (Å²) in [5.74, 6) is -0.956. The molecule has 3 rings (SSSR count). The topological polar surface area (TPSA) is 82.2 Å². The van der Waals surface area contributed by atoms with Gasteiger partial charge in [-0.05, 0) is 42.5 Å². The lowest BCUT2D eigenvalue weighted by Crippen LogP contribution is -2.48. The number of ether oxygens (including phenoxy) is 1. The summed E-state index contributed by atoms with van der Waals surface area (Å²) in [5, 5.41) is 2.83. The lowest BCUT2D eigenvalue weighted by Gasteiger charge is -2.36. The van der Waals surface area contributed by atoms with Crippen LogP contribution in [-0.2, 0) is 14.3 Å². The number of piperazine rings is 1. The summed E-state index contributed by atoms with van der Waals surface area (Å²) < 4.78 is 18.4. The third-order valence-electron chi connectivity index (χ3n) is 5.71. The number of halogens is 1. The zero-order valence-electron chi connectivity index (χ0n) is 19.6. The monoisotopic (exact) mass is 470 g/mol. The molecule has 8 nitrogen and oxygen atoms in total. The average Bonchev–Trinajstić information content (AvgIpc) is 2.86. The van der Waals surface area contributed by atoms with Crippen LogP contribution in [0.15, 0.2) is 48.5 Å². The average molecular weight is 471 g/mol. The molecule has 0 bridgehead atoms. The van der Waals surface area contributed by atoms with Crippen LogP contribution in [0, 0.1) is 5.82 Å². The highest BCUT2D eigenvalue weighted by Crippen LogP contribution is 2.20. The van der Waals surface area contributed by atoms with Gasteiger partial charge in [0.1, 0.15) is 5.82 Å². The standard InChI is InChI=1S/C25H31FN4O4/c1-3-24(32)30(15-16-34-2)18-23(31)27-21-7-9-22(10-8-21)28-11-13-29(14-12-28)25(33)19-5-4-6-20(26)17-19/h4-10,17H,3,11-16,18H2,1-2H3,(H,27,31). The minimum Gasteiger partial charge on any atom is -0.383 e. The Bertz CT molecular complexity index is 991. The SMILES string of the molecule is CCC(=O)N(CCOC)CC(=O)Nc1ccc(N2CCN(C(=O)c3cccc(F)c3)CC2)cc1. The number of nitrogens with one attached hydrogen (secondary N) is 1. The summed E-state index contributed by atoms with van der Waals surface area (Å²) in [4.78, 5) is 42.4. The van der Waals surface area contributed by atoms with Crippen LogP contribution in [0.3, 0.4) is 0 Å². The molecular weight excluding hydrogens is 439 g/mol. The van der Waals surface area contributed by atoms with E-state index in [0.29, 0.717) is 57.0 Å². The molecule has 34 heavy (non-hydrogen) atoms. The number of rotatable bonds is 9. The van der Waals surface area contributed by atoms with E-state index < -0.39 is 5.82 Å². The Kier molecular flexibility index (Phi) is 8.98. The fourth-order valence-corrected chi connectivity index (χ4v) is 3.82. The molecule has 2 aromatic rings. The zero-order chi connectivity index (χ0) is 24.5. The molecule has 3 amide bonds. The molecule has 182 valence electrons. The first-order valence-electron chi connectivity index (χ1n) is 11.4. The minimum atomic E-state index is -0.420. The lowest BCUT2D eigenvalue weighted by molar-refractivity contribution is -0.135. The van der Waals surface area contributed by atoms with Gasteiger partial charge in [-0.3, -0.25) is 14.4 Å². The summed E-state index contributed by atoms with van der Waals surface area (Å²) in [6.45, 7) is 4.85. The molecule has 0 spiro atoms. The summed E-state index contributed by atoms with van der Waals surface area (Å²) in [6, 6.07) is 13.2. The van der Waals surface area contributed by atoms with E-state index in [9.17, 15) is 18.8 Å². The van der Waals surface area contributed by atoms with Crippen LogP contribution in [0.4, 0.5) is 15.8 Å². The third kappa shape index (κ3) is 6.77. The number of nitrogens with zero attached hydrogens (tertiary/aromatic N) is 3. The van der Waals surface area contributed by atoms with E-state index in [1.54, 1.807) is 25.0 Å². The van der Waals surface area contributed by atoms with Gasteiger partial charge in [-0.2, -0.15) is 0 Å². The molecule has 1 aliphatic heterocycles. The molecule has 1 heterocycles. The van der Waals surface area contributed by atoms with Gasteiger partial charge in [-0.25, -0.2) is 4.39 Å². The molecule has 1 N–H and O–H groups in total. The third-order valence-corrected chi connectivity index (χ3v) is 5.71. The molecule has 0 saturated carbocycles. The highest BCUT2D eigenvalue weighted by Gasteiger charge is 2.23. The van der Waals surface area contributed by atoms with Crippen molar-refractivity contribution in [2.24, 2.45) is 0 Å². The maximum absolute atomic E-state index is 13.4. The number of carbonyl (C=O) groups excluding carboxylic acids is 3. The molecule has 0 atom stereocenters. The molecular formula is C25H31FN4O4. The first-order chi connectivity index (χ1) is 16.4. The van der Waals surface area contributed by atoms with Crippen LogP contribution in [-0.4, -0.2) is 80.5 Å². The Labute approximate surface area is 199 Å². The molecule has 0 unspecified atom stereocenters. The number of hydrogen-bond donors (Lipinski definition) is 1. The van der Waals surface area contributed by atoms with Crippen molar-refractivity contribution in [2.45, 2.75) is 13.3 Å². The lowest BCUT2D eigenvalue weighted by atomic mass is 10.1. The van der Waals surface area contributed by atoms with Gasteiger partial charge in [0.15, 0.2) is 0 Å². The van der Waals surface area contributed by atoms with E-state index in [1.165, 1.54) is 23.1 Å². The van der Waals surface area contributed by atoms with E-state index in [2.05, 4.69) is 10.2 Å². The van der Waals surface area contributed by atoms with Crippen molar-refractivity contribution < 1.29 is 23.5 Å². The normalized spacial score (nSPS) is 13.5. The van der Waals surface area contributed by atoms with Gasteiger partial charge >= 0.3 is 0 Å². The van der Waals surface area contributed by atoms with Crippen molar-refractivity contribution in [1.29, 1.82) is 0 Å². The fraction of sp³-hybridized carbons (Fsp3) is 0.400. The van der Waals surface area contributed by atoms with Crippen molar-refractivity contribution >= 4 is 29.1 Å². The number of amides is 3. The predicted octanol–water partition coefficient (Wildman–Crippen LogP) is 2.61. The number of benzene rings is 2. The van der Waals surface area contributed by atoms with Gasteiger partial charge in [0.2, 0.25) is 11.8 Å². The van der Waals surface area contributed by atoms with Crippen LogP contribution in [0.2, 0.25) is 0 Å². The van der Waals surface area contributed by atoms with Gasteiger partial charge in [-0.15, -0.1) is 0 Å². The van der Waals surface area contributed by atoms with E-state index in [0.717, 1.165) is 5.69 Å². The van der Waals surface area contributed by atoms with Crippen molar-refractivity contribution in [3.63, 3.8) is 0 Å². The molecule has 1 fully saturated rings. The molecule has 1 aliphatic rings. The zero-order valence-corrected chi connectivity index (χ0v) is 19.6. The Hall–Kier alpha value is -3.46. The van der Waals surface area contributed by atoms with Crippen LogP contribution in [0.1, 0.15) is 23.7 Å². The Morgan fingerprint density at radius 3 is 2.38 bits per heavy atom. The molecule has 0 radical (unpaired) electrons. The summed E-state index contributed by atoms with van der Waals surface area (Å²) in [6.07, 6.45) is 0.326. The first-order valence-corrected chi connectivity index (χ1v) is 11.4. The summed E-state index contributed by atoms with van der Waals surface area (Å²) in [5.41, 5.74) is 1.98. The molecule has 0 aromatic heterocycles. The number of methoxy groups -OCH3 is 1. The van der Waals surface area contributed by atoms with Crippen molar-refractivity contribution in [3.8, 4) is 0 Å². The second-order valence-electron chi connectivity index (χ2n) is 8.05. The fourth-order valence-electron chi connectivity index (χ4n) is 3.82. The molecule has 0 aliphatic carbocycles. The van der Waals surface area contributed by atoms with E-state index in [4.69, 9.17) is 4.74 Å². The Morgan fingerprint density at radius 1 is 1.06 bits per heavy atom. The number of hydrogen-bond acceptors (Lipinski definition) is 5. The first kappa shape index (κ1) is 25.2. The molecule has 9 heteroatoms. The Balaban J connectivity index is 1.51. The maximum Gasteiger partial charge on any atom is 0.254 e. The van der Waals surface area contributed by atoms with Gasteiger partial charge in [0.05, 0.1) is 13.2 Å². The maximum atomic E-state index is 13.4. The number of carbonyl (C=O) groups is 3. The molecule has 2 aromatic carbocycles. The second-order valence-corrected chi connectivity index (χ2v) is 8.05. The van der Waals surface area contributed by atoms with Crippen molar-refractivity contribution in [2.75, 3.05) is 63.2 Å². The largest absolute Gasteiger partial charge is 0.383 e. The van der Waals surface area contributed by atoms with Crippen LogP contribution in [0.5, 0.6) is 0 Å². The van der Waals surface area contributed by atoms with Gasteiger partial charge in [-0.1, -0.05) is 13.0 Å². The van der Waals surface area contributed by atoms with E-state index >= 15 is 0 Å². The highest BCUT2D eigenvalue weighted by molar-refractivity contribution is 5.95. The number of anilines is 2. The van der Waals surface area contributed by atoms with Crippen LogP contribution >= 0.6 is 0 Å². The minimum absolute atomic E-state index is 0.0287. The summed E-state index contributed by atoms with van der Waals surface area (Å²) in [7, 11) is 1.55. The van der Waals surface area contributed by atoms with Crippen molar-refractivity contribution in [3.05, 3.63) is 59.9 Å². The highest BCUT2D eigenvalue weighted by atomic mass is 19.1. The smallest absolute Gasteiger partial charge is 0.254 e. The quantitative estimate of drug-likeness (QED) is 0.609. The second kappa shape index (κ2) is 12.1. The van der Waals surface area contributed by atoms with Crippen LogP contribution < -0.4 is 10.2 Å².